The van der Waals surface area contributed by atoms with Gasteiger partial charge in [0.15, 0.2) is 0 Å². The second-order valence-corrected chi connectivity index (χ2v) is 6.92. The summed E-state index contributed by atoms with van der Waals surface area (Å²) in [7, 11) is 0. The smallest absolute Gasteiger partial charge is 0.254 e. The van der Waals surface area contributed by atoms with E-state index in [1.807, 2.05) is 17.0 Å². The first-order valence-electron chi connectivity index (χ1n) is 6.86. The molecule has 4 heteroatoms. The maximum absolute atomic E-state index is 12.7. The van der Waals surface area contributed by atoms with Crippen LogP contribution in [0.5, 0.6) is 0 Å². The van der Waals surface area contributed by atoms with Crippen LogP contribution in [0.1, 0.15) is 28.8 Å². The summed E-state index contributed by atoms with van der Waals surface area (Å²) in [5.41, 5.74) is 2.40. The fraction of sp³-hybridized carbons (Fsp3) is 0.533. The second kappa shape index (κ2) is 5.05. The summed E-state index contributed by atoms with van der Waals surface area (Å²) >= 11 is 2.29. The maximum atomic E-state index is 12.7. The van der Waals surface area contributed by atoms with E-state index in [4.69, 9.17) is 0 Å². The SMILES string of the molecule is Cc1cccc(C(=O)N2CCC3(CCNC3)C2)c1I. The Balaban J connectivity index is 1.80. The first kappa shape index (κ1) is 13.4. The highest BCUT2D eigenvalue weighted by Gasteiger charge is 2.42. The number of amides is 1. The molecular weight excluding hydrogens is 351 g/mol. The van der Waals surface area contributed by atoms with Gasteiger partial charge in [0, 0.05) is 28.6 Å². The lowest BCUT2D eigenvalue weighted by Crippen LogP contribution is -2.33. The van der Waals surface area contributed by atoms with Crippen LogP contribution in [-0.2, 0) is 0 Å². The molecule has 102 valence electrons. The maximum Gasteiger partial charge on any atom is 0.254 e. The molecule has 0 radical (unpaired) electrons. The number of halogens is 1. The van der Waals surface area contributed by atoms with Gasteiger partial charge in [-0.1, -0.05) is 12.1 Å². The van der Waals surface area contributed by atoms with Crippen LogP contribution in [0.25, 0.3) is 0 Å². The first-order valence-corrected chi connectivity index (χ1v) is 7.94. The molecule has 0 bridgehead atoms. The number of likely N-dealkylation sites (tertiary alicyclic amines) is 1. The first-order chi connectivity index (χ1) is 9.11. The Kier molecular flexibility index (Phi) is 3.55. The van der Waals surface area contributed by atoms with E-state index in [2.05, 4.69) is 40.9 Å². The van der Waals surface area contributed by atoms with E-state index < -0.39 is 0 Å². The van der Waals surface area contributed by atoms with E-state index in [-0.39, 0.29) is 5.91 Å². The lowest BCUT2D eigenvalue weighted by molar-refractivity contribution is 0.0774. The average molecular weight is 370 g/mol. The number of benzene rings is 1. The van der Waals surface area contributed by atoms with Crippen molar-refractivity contribution in [2.75, 3.05) is 26.2 Å². The molecule has 0 aliphatic carbocycles. The molecule has 1 amide bonds. The molecule has 2 saturated heterocycles. The number of carbonyl (C=O) groups excluding carboxylic acids is 1. The molecule has 1 unspecified atom stereocenters. The average Bonchev–Trinajstić information content (AvgIpc) is 3.03. The number of hydrogen-bond acceptors (Lipinski definition) is 2. The third kappa shape index (κ3) is 2.40. The molecule has 3 rings (SSSR count). The van der Waals surface area contributed by atoms with Gasteiger partial charge < -0.3 is 10.2 Å². The summed E-state index contributed by atoms with van der Waals surface area (Å²) in [6, 6.07) is 5.99. The fourth-order valence-corrected chi connectivity index (χ4v) is 3.83. The molecular formula is C15H19IN2O. The van der Waals surface area contributed by atoms with Gasteiger partial charge in [-0.3, -0.25) is 4.79 Å². The van der Waals surface area contributed by atoms with Crippen LogP contribution in [0, 0.1) is 15.9 Å². The highest BCUT2D eigenvalue weighted by molar-refractivity contribution is 14.1. The van der Waals surface area contributed by atoms with Crippen molar-refractivity contribution in [2.24, 2.45) is 5.41 Å². The van der Waals surface area contributed by atoms with Gasteiger partial charge in [-0.2, -0.15) is 0 Å². The third-order valence-electron chi connectivity index (χ3n) is 4.48. The van der Waals surface area contributed by atoms with Crippen LogP contribution < -0.4 is 5.32 Å². The largest absolute Gasteiger partial charge is 0.338 e. The molecule has 1 spiro atoms. The predicted molar refractivity (Wildman–Crippen MR) is 84.3 cm³/mol. The molecule has 0 saturated carbocycles. The summed E-state index contributed by atoms with van der Waals surface area (Å²) < 4.78 is 1.09. The number of carbonyl (C=O) groups is 1. The second-order valence-electron chi connectivity index (χ2n) is 5.84. The minimum atomic E-state index is 0.205. The van der Waals surface area contributed by atoms with Crippen molar-refractivity contribution in [3.63, 3.8) is 0 Å². The minimum Gasteiger partial charge on any atom is -0.338 e. The van der Waals surface area contributed by atoms with E-state index in [1.54, 1.807) is 0 Å². The fourth-order valence-electron chi connectivity index (χ4n) is 3.24. The summed E-state index contributed by atoms with van der Waals surface area (Å²) in [5.74, 6) is 0.205. The van der Waals surface area contributed by atoms with Gasteiger partial charge in [-0.25, -0.2) is 0 Å². The number of nitrogens with one attached hydrogen (secondary N) is 1. The zero-order chi connectivity index (χ0) is 13.5. The van der Waals surface area contributed by atoms with Crippen LogP contribution >= 0.6 is 22.6 Å². The Morgan fingerprint density at radius 1 is 1.42 bits per heavy atom. The van der Waals surface area contributed by atoms with Gasteiger partial charge in [0.05, 0.1) is 5.56 Å². The standard InChI is InChI=1S/C15H19IN2O/c1-11-3-2-4-12(13(11)16)14(19)18-8-6-15(10-18)5-7-17-9-15/h2-4,17H,5-10H2,1H3. The van der Waals surface area contributed by atoms with Gasteiger partial charge in [-0.05, 0) is 60.5 Å². The zero-order valence-corrected chi connectivity index (χ0v) is 13.4. The highest BCUT2D eigenvalue weighted by atomic mass is 127. The van der Waals surface area contributed by atoms with Crippen LogP contribution in [-0.4, -0.2) is 37.0 Å². The van der Waals surface area contributed by atoms with Gasteiger partial charge in [-0.15, -0.1) is 0 Å². The number of aryl methyl sites for hydroxylation is 1. The summed E-state index contributed by atoms with van der Waals surface area (Å²) in [6.07, 6.45) is 2.36. The highest BCUT2D eigenvalue weighted by Crippen LogP contribution is 2.36. The van der Waals surface area contributed by atoms with E-state index in [1.165, 1.54) is 12.0 Å². The monoisotopic (exact) mass is 370 g/mol. The van der Waals surface area contributed by atoms with Crippen LogP contribution in [0.15, 0.2) is 18.2 Å². The van der Waals surface area contributed by atoms with Crippen LogP contribution in [0.2, 0.25) is 0 Å². The van der Waals surface area contributed by atoms with Crippen molar-refractivity contribution >= 4 is 28.5 Å². The van der Waals surface area contributed by atoms with Crippen molar-refractivity contribution in [2.45, 2.75) is 19.8 Å². The van der Waals surface area contributed by atoms with E-state index in [0.717, 1.165) is 41.7 Å². The van der Waals surface area contributed by atoms with Crippen LogP contribution in [0.3, 0.4) is 0 Å². The molecule has 1 aromatic rings. The van der Waals surface area contributed by atoms with Gasteiger partial charge >= 0.3 is 0 Å². The van der Waals surface area contributed by atoms with E-state index >= 15 is 0 Å². The summed E-state index contributed by atoms with van der Waals surface area (Å²) in [6.45, 7) is 6.06. The lowest BCUT2D eigenvalue weighted by atomic mass is 9.86. The topological polar surface area (TPSA) is 32.3 Å². The lowest BCUT2D eigenvalue weighted by Gasteiger charge is -2.23. The summed E-state index contributed by atoms with van der Waals surface area (Å²) in [5, 5.41) is 3.44. The Bertz CT molecular complexity index is 509. The van der Waals surface area contributed by atoms with Gasteiger partial charge in [0.25, 0.3) is 5.91 Å². The van der Waals surface area contributed by atoms with Crippen LogP contribution in [0.4, 0.5) is 0 Å². The molecule has 1 N–H and O–H groups in total. The van der Waals surface area contributed by atoms with E-state index in [0.29, 0.717) is 5.41 Å². The number of nitrogens with zero attached hydrogens (tertiary/aromatic N) is 1. The van der Waals surface area contributed by atoms with Crippen molar-refractivity contribution in [3.05, 3.63) is 32.9 Å². The van der Waals surface area contributed by atoms with Gasteiger partial charge in [0.2, 0.25) is 0 Å². The molecule has 19 heavy (non-hydrogen) atoms. The van der Waals surface area contributed by atoms with Crippen molar-refractivity contribution in [1.82, 2.24) is 10.2 Å². The molecule has 1 atom stereocenters. The molecule has 2 aliphatic rings. The molecule has 0 aromatic heterocycles. The molecule has 2 heterocycles. The molecule has 1 aromatic carbocycles. The molecule has 2 fully saturated rings. The normalized spacial score (nSPS) is 26.3. The van der Waals surface area contributed by atoms with Crippen molar-refractivity contribution in [3.8, 4) is 0 Å². The van der Waals surface area contributed by atoms with Crippen molar-refractivity contribution in [1.29, 1.82) is 0 Å². The quantitative estimate of drug-likeness (QED) is 0.771. The Morgan fingerprint density at radius 2 is 2.26 bits per heavy atom. The zero-order valence-electron chi connectivity index (χ0n) is 11.2. The van der Waals surface area contributed by atoms with Gasteiger partial charge in [0.1, 0.15) is 0 Å². The minimum absolute atomic E-state index is 0.205. The third-order valence-corrected chi connectivity index (χ3v) is 5.91. The molecule has 2 aliphatic heterocycles. The molecule has 3 nitrogen and oxygen atoms in total. The van der Waals surface area contributed by atoms with Crippen molar-refractivity contribution < 1.29 is 4.79 Å². The number of hydrogen-bond donors (Lipinski definition) is 1. The number of rotatable bonds is 1. The Labute approximate surface area is 127 Å². The summed E-state index contributed by atoms with van der Waals surface area (Å²) in [4.78, 5) is 14.7. The van der Waals surface area contributed by atoms with E-state index in [9.17, 15) is 4.79 Å². The predicted octanol–water partition coefficient (Wildman–Crippen LogP) is 2.43. The Hall–Kier alpha value is -0.620. The Morgan fingerprint density at radius 3 is 3.00 bits per heavy atom.